The summed E-state index contributed by atoms with van der Waals surface area (Å²) >= 11 is 0. The minimum Gasteiger partial charge on any atom is -0.349 e. The average molecular weight is 178 g/mol. The van der Waals surface area contributed by atoms with Crippen molar-refractivity contribution in [1.29, 1.82) is 0 Å². The zero-order valence-corrected chi connectivity index (χ0v) is 8.53. The van der Waals surface area contributed by atoms with E-state index in [0.29, 0.717) is 6.04 Å². The van der Waals surface area contributed by atoms with Gasteiger partial charge in [0.25, 0.3) is 0 Å². The maximum Gasteiger partial charge on any atom is 0.0492 e. The van der Waals surface area contributed by atoms with Gasteiger partial charge < -0.3 is 4.90 Å². The summed E-state index contributed by atoms with van der Waals surface area (Å²) in [5.74, 6) is 0. The molecule has 2 aliphatic rings. The standard InChI is InChI=1S/C11H18N2/c1-3-10-11-6-4-5-7-13(11)9-8-12(10)2/h5-7,10H,3-4,8-9H2,1-2H3. The first-order chi connectivity index (χ1) is 6.33. The van der Waals surface area contributed by atoms with E-state index >= 15 is 0 Å². The van der Waals surface area contributed by atoms with Crippen molar-refractivity contribution in [3.63, 3.8) is 0 Å². The molecule has 13 heavy (non-hydrogen) atoms. The maximum absolute atomic E-state index is 2.46. The number of likely N-dealkylation sites (N-methyl/N-ethyl adjacent to an activating group) is 1. The molecule has 0 bridgehead atoms. The largest absolute Gasteiger partial charge is 0.349 e. The molecule has 0 N–H and O–H groups in total. The predicted octanol–water partition coefficient (Wildman–Crippen LogP) is 1.81. The zero-order chi connectivity index (χ0) is 9.26. The summed E-state index contributed by atoms with van der Waals surface area (Å²) in [4.78, 5) is 4.86. The smallest absolute Gasteiger partial charge is 0.0492 e. The highest BCUT2D eigenvalue weighted by atomic mass is 15.3. The predicted molar refractivity (Wildman–Crippen MR) is 55.3 cm³/mol. The lowest BCUT2D eigenvalue weighted by Gasteiger charge is -2.42. The lowest BCUT2D eigenvalue weighted by atomic mass is 10.0. The van der Waals surface area contributed by atoms with Crippen molar-refractivity contribution < 1.29 is 0 Å². The third kappa shape index (κ3) is 1.51. The molecule has 72 valence electrons. The lowest BCUT2D eigenvalue weighted by Crippen LogP contribution is -2.47. The Kier molecular flexibility index (Phi) is 2.40. The van der Waals surface area contributed by atoms with Crippen molar-refractivity contribution in [3.8, 4) is 0 Å². The summed E-state index contributed by atoms with van der Waals surface area (Å²) in [6.45, 7) is 4.60. The van der Waals surface area contributed by atoms with Crippen LogP contribution in [0.5, 0.6) is 0 Å². The number of nitrogens with zero attached hydrogens (tertiary/aromatic N) is 2. The molecule has 1 saturated heterocycles. The maximum atomic E-state index is 2.46. The van der Waals surface area contributed by atoms with Gasteiger partial charge in [0.05, 0.1) is 0 Å². The van der Waals surface area contributed by atoms with Gasteiger partial charge in [-0.05, 0) is 19.9 Å². The zero-order valence-electron chi connectivity index (χ0n) is 8.53. The van der Waals surface area contributed by atoms with Gasteiger partial charge in [-0.2, -0.15) is 0 Å². The first-order valence-electron chi connectivity index (χ1n) is 5.16. The molecule has 2 heterocycles. The summed E-state index contributed by atoms with van der Waals surface area (Å²) in [6.07, 6.45) is 9.17. The fourth-order valence-corrected chi connectivity index (χ4v) is 2.28. The molecule has 0 aromatic rings. The van der Waals surface area contributed by atoms with Crippen LogP contribution in [0.25, 0.3) is 0 Å². The molecule has 2 rings (SSSR count). The van der Waals surface area contributed by atoms with Crippen LogP contribution in [0.15, 0.2) is 24.0 Å². The van der Waals surface area contributed by atoms with Crippen molar-refractivity contribution in [1.82, 2.24) is 9.80 Å². The topological polar surface area (TPSA) is 6.48 Å². The summed E-state index contributed by atoms with van der Waals surface area (Å²) in [5.41, 5.74) is 1.51. The Hall–Kier alpha value is -0.760. The number of hydrogen-bond acceptors (Lipinski definition) is 2. The summed E-state index contributed by atoms with van der Waals surface area (Å²) in [7, 11) is 2.23. The van der Waals surface area contributed by atoms with Gasteiger partial charge in [0.2, 0.25) is 0 Å². The van der Waals surface area contributed by atoms with E-state index in [0.717, 1.165) is 13.0 Å². The van der Waals surface area contributed by atoms with Crippen LogP contribution >= 0.6 is 0 Å². The molecule has 1 atom stereocenters. The Morgan fingerprint density at radius 1 is 1.46 bits per heavy atom. The molecule has 2 aliphatic heterocycles. The molecule has 1 fully saturated rings. The van der Waals surface area contributed by atoms with Crippen LogP contribution in [0.4, 0.5) is 0 Å². The summed E-state index contributed by atoms with van der Waals surface area (Å²) < 4.78 is 0. The fourth-order valence-electron chi connectivity index (χ4n) is 2.28. The summed E-state index contributed by atoms with van der Waals surface area (Å²) in [6, 6.07) is 0.638. The minimum absolute atomic E-state index is 0.638. The molecule has 0 radical (unpaired) electrons. The molecule has 0 spiro atoms. The Morgan fingerprint density at radius 3 is 3.08 bits per heavy atom. The van der Waals surface area contributed by atoms with E-state index in [2.05, 4.69) is 42.1 Å². The molecule has 1 unspecified atom stereocenters. The van der Waals surface area contributed by atoms with Gasteiger partial charge in [-0.3, -0.25) is 4.90 Å². The Balaban J connectivity index is 2.19. The van der Waals surface area contributed by atoms with Crippen LogP contribution in [-0.2, 0) is 0 Å². The first kappa shape index (κ1) is 8.82. The van der Waals surface area contributed by atoms with E-state index < -0.39 is 0 Å². The van der Waals surface area contributed by atoms with Crippen molar-refractivity contribution in [2.45, 2.75) is 25.8 Å². The number of allylic oxidation sites excluding steroid dienone is 2. The molecule has 0 amide bonds. The Morgan fingerprint density at radius 2 is 2.31 bits per heavy atom. The third-order valence-electron chi connectivity index (χ3n) is 3.03. The minimum atomic E-state index is 0.638. The van der Waals surface area contributed by atoms with Gasteiger partial charge in [0, 0.05) is 31.0 Å². The highest BCUT2D eigenvalue weighted by Gasteiger charge is 2.26. The number of rotatable bonds is 1. The number of piperazine rings is 1. The van der Waals surface area contributed by atoms with Crippen LogP contribution in [-0.4, -0.2) is 36.0 Å². The summed E-state index contributed by atoms with van der Waals surface area (Å²) in [5, 5.41) is 0. The highest BCUT2D eigenvalue weighted by Crippen LogP contribution is 2.25. The third-order valence-corrected chi connectivity index (χ3v) is 3.03. The van der Waals surface area contributed by atoms with Crippen molar-refractivity contribution >= 4 is 0 Å². The Labute approximate surface area is 80.5 Å². The van der Waals surface area contributed by atoms with E-state index in [1.165, 1.54) is 18.7 Å². The van der Waals surface area contributed by atoms with E-state index in [1.54, 1.807) is 0 Å². The average Bonchev–Trinajstić information content (AvgIpc) is 2.18. The van der Waals surface area contributed by atoms with E-state index in [-0.39, 0.29) is 0 Å². The van der Waals surface area contributed by atoms with Gasteiger partial charge in [-0.25, -0.2) is 0 Å². The second-order valence-electron chi connectivity index (χ2n) is 3.85. The van der Waals surface area contributed by atoms with Gasteiger partial charge in [0.1, 0.15) is 0 Å². The van der Waals surface area contributed by atoms with Gasteiger partial charge in [0.15, 0.2) is 0 Å². The quantitative estimate of drug-likeness (QED) is 0.604. The van der Waals surface area contributed by atoms with Crippen molar-refractivity contribution in [2.24, 2.45) is 0 Å². The fraction of sp³-hybridized carbons (Fsp3) is 0.636. The molecule has 0 aromatic heterocycles. The molecular formula is C11H18N2. The molecule has 2 nitrogen and oxygen atoms in total. The van der Waals surface area contributed by atoms with Crippen LogP contribution in [0.1, 0.15) is 19.8 Å². The highest BCUT2D eigenvalue weighted by molar-refractivity contribution is 5.20. The van der Waals surface area contributed by atoms with E-state index in [1.807, 2.05) is 0 Å². The molecule has 2 heteroatoms. The van der Waals surface area contributed by atoms with Gasteiger partial charge in [-0.1, -0.05) is 19.1 Å². The van der Waals surface area contributed by atoms with Gasteiger partial charge in [-0.15, -0.1) is 0 Å². The van der Waals surface area contributed by atoms with Crippen LogP contribution in [0.3, 0.4) is 0 Å². The Bertz CT molecular complexity index is 242. The van der Waals surface area contributed by atoms with Crippen LogP contribution < -0.4 is 0 Å². The second-order valence-corrected chi connectivity index (χ2v) is 3.85. The van der Waals surface area contributed by atoms with Crippen molar-refractivity contribution in [2.75, 3.05) is 20.1 Å². The molecule has 0 aliphatic carbocycles. The van der Waals surface area contributed by atoms with E-state index in [4.69, 9.17) is 0 Å². The lowest BCUT2D eigenvalue weighted by molar-refractivity contribution is 0.169. The first-order valence-corrected chi connectivity index (χ1v) is 5.16. The molecular weight excluding hydrogens is 160 g/mol. The SMILES string of the molecule is CCC1C2=CCC=CN2CCN1C. The van der Waals surface area contributed by atoms with Crippen LogP contribution in [0.2, 0.25) is 0 Å². The van der Waals surface area contributed by atoms with Crippen LogP contribution in [0, 0.1) is 0 Å². The van der Waals surface area contributed by atoms with Crippen molar-refractivity contribution in [3.05, 3.63) is 24.0 Å². The number of fused-ring (bicyclic) bond motifs is 1. The molecule has 0 aromatic carbocycles. The second kappa shape index (κ2) is 3.54. The molecule has 0 saturated carbocycles. The monoisotopic (exact) mass is 178 g/mol. The van der Waals surface area contributed by atoms with E-state index in [9.17, 15) is 0 Å². The normalized spacial score (nSPS) is 28.6. The number of hydrogen-bond donors (Lipinski definition) is 0. The van der Waals surface area contributed by atoms with Gasteiger partial charge >= 0.3 is 0 Å².